The number of nitrogens with zero attached hydrogens (tertiary/aromatic N) is 1. The van der Waals surface area contributed by atoms with Crippen molar-refractivity contribution in [3.8, 4) is 16.9 Å². The molecule has 0 spiro atoms. The second kappa shape index (κ2) is 8.20. The molecule has 0 unspecified atom stereocenters. The standard InChI is InChI=1S/C21H18FNO2/c22-21-18(7-4-14-23-21)8-11-19(24)15-25-20-12-9-17(10-13-20)16-5-2-1-3-6-16/h1-7,9-10,12-14H,8,11,15H2. The van der Waals surface area contributed by atoms with Gasteiger partial charge in [0.15, 0.2) is 5.78 Å². The van der Waals surface area contributed by atoms with Crippen LogP contribution in [0.4, 0.5) is 4.39 Å². The number of aromatic nitrogens is 1. The maximum absolute atomic E-state index is 13.4. The summed E-state index contributed by atoms with van der Waals surface area (Å²) in [6.07, 6.45) is 1.95. The van der Waals surface area contributed by atoms with Gasteiger partial charge < -0.3 is 4.74 Å². The van der Waals surface area contributed by atoms with Crippen molar-refractivity contribution in [1.82, 2.24) is 4.98 Å². The molecule has 3 rings (SSSR count). The Morgan fingerprint density at radius 1 is 0.920 bits per heavy atom. The molecule has 0 radical (unpaired) electrons. The zero-order valence-corrected chi connectivity index (χ0v) is 13.7. The van der Waals surface area contributed by atoms with Gasteiger partial charge in [-0.25, -0.2) is 4.98 Å². The van der Waals surface area contributed by atoms with E-state index in [1.165, 1.54) is 6.20 Å². The summed E-state index contributed by atoms with van der Waals surface area (Å²) in [5.41, 5.74) is 2.66. The van der Waals surface area contributed by atoms with Gasteiger partial charge in [0.05, 0.1) is 0 Å². The number of ketones is 1. The number of carbonyl (C=O) groups is 1. The Kier molecular flexibility index (Phi) is 5.52. The molecule has 0 aliphatic carbocycles. The quantitative estimate of drug-likeness (QED) is 0.598. The summed E-state index contributed by atoms with van der Waals surface area (Å²) in [6.45, 7) is -0.0213. The molecule has 1 heterocycles. The van der Waals surface area contributed by atoms with E-state index in [1.54, 1.807) is 12.1 Å². The van der Waals surface area contributed by atoms with Gasteiger partial charge in [0.2, 0.25) is 5.95 Å². The van der Waals surface area contributed by atoms with Crippen molar-refractivity contribution in [2.75, 3.05) is 6.61 Å². The summed E-state index contributed by atoms with van der Waals surface area (Å²) in [7, 11) is 0. The fourth-order valence-corrected chi connectivity index (χ4v) is 2.49. The van der Waals surface area contributed by atoms with Crippen LogP contribution in [0, 0.1) is 5.95 Å². The Labute approximate surface area is 146 Å². The normalized spacial score (nSPS) is 10.4. The molecule has 0 aliphatic rings. The van der Waals surface area contributed by atoms with E-state index < -0.39 is 5.95 Å². The van der Waals surface area contributed by atoms with E-state index in [4.69, 9.17) is 4.74 Å². The topological polar surface area (TPSA) is 39.2 Å². The van der Waals surface area contributed by atoms with Gasteiger partial charge in [0, 0.05) is 18.2 Å². The SMILES string of the molecule is O=C(CCc1cccnc1F)COc1ccc(-c2ccccc2)cc1. The van der Waals surface area contributed by atoms with Crippen LogP contribution in [0.2, 0.25) is 0 Å². The molecule has 25 heavy (non-hydrogen) atoms. The molecule has 0 aliphatic heterocycles. The van der Waals surface area contributed by atoms with Gasteiger partial charge in [-0.1, -0.05) is 48.5 Å². The van der Waals surface area contributed by atoms with Gasteiger partial charge in [-0.15, -0.1) is 0 Å². The fraction of sp³-hybridized carbons (Fsp3) is 0.143. The van der Waals surface area contributed by atoms with Crippen LogP contribution < -0.4 is 4.74 Å². The van der Waals surface area contributed by atoms with Gasteiger partial charge in [-0.05, 0) is 35.7 Å². The number of ether oxygens (including phenoxy) is 1. The maximum Gasteiger partial charge on any atom is 0.216 e. The first-order chi connectivity index (χ1) is 12.2. The fourth-order valence-electron chi connectivity index (χ4n) is 2.49. The molecule has 0 atom stereocenters. The number of carbonyl (C=O) groups excluding carboxylic acids is 1. The summed E-state index contributed by atoms with van der Waals surface area (Å²) in [6, 6.07) is 20.9. The monoisotopic (exact) mass is 335 g/mol. The number of benzene rings is 2. The predicted octanol–water partition coefficient (Wildman–Crippen LogP) is 4.47. The van der Waals surface area contributed by atoms with E-state index in [2.05, 4.69) is 4.98 Å². The third kappa shape index (κ3) is 4.73. The minimum Gasteiger partial charge on any atom is -0.486 e. The molecule has 4 heteroatoms. The first-order valence-electron chi connectivity index (χ1n) is 8.12. The second-order valence-corrected chi connectivity index (χ2v) is 5.67. The van der Waals surface area contributed by atoms with Crippen molar-refractivity contribution < 1.29 is 13.9 Å². The van der Waals surface area contributed by atoms with E-state index in [0.29, 0.717) is 17.7 Å². The number of rotatable bonds is 7. The summed E-state index contributed by atoms with van der Waals surface area (Å²) in [4.78, 5) is 15.5. The summed E-state index contributed by atoms with van der Waals surface area (Å²) >= 11 is 0. The lowest BCUT2D eigenvalue weighted by molar-refractivity contribution is -0.121. The molecule has 0 N–H and O–H groups in total. The molecular formula is C21H18FNO2. The minimum absolute atomic E-state index is 0.0213. The van der Waals surface area contributed by atoms with Crippen LogP contribution in [0.3, 0.4) is 0 Å². The molecule has 0 bridgehead atoms. The molecule has 3 aromatic rings. The summed E-state index contributed by atoms with van der Waals surface area (Å²) < 4.78 is 18.9. The highest BCUT2D eigenvalue weighted by molar-refractivity contribution is 5.80. The number of halogens is 1. The van der Waals surface area contributed by atoms with Gasteiger partial charge in [0.25, 0.3) is 0 Å². The lowest BCUT2D eigenvalue weighted by atomic mass is 10.1. The van der Waals surface area contributed by atoms with Gasteiger partial charge in [-0.3, -0.25) is 4.79 Å². The summed E-state index contributed by atoms with van der Waals surface area (Å²) in [5, 5.41) is 0. The maximum atomic E-state index is 13.4. The Hall–Kier alpha value is -3.01. The number of hydrogen-bond donors (Lipinski definition) is 0. The Bertz CT molecular complexity index is 832. The van der Waals surface area contributed by atoms with Gasteiger partial charge >= 0.3 is 0 Å². The van der Waals surface area contributed by atoms with Crippen molar-refractivity contribution in [2.45, 2.75) is 12.8 Å². The zero-order chi connectivity index (χ0) is 17.5. The molecule has 0 saturated heterocycles. The molecule has 126 valence electrons. The van der Waals surface area contributed by atoms with Gasteiger partial charge in [-0.2, -0.15) is 4.39 Å². The first kappa shape index (κ1) is 16.8. The van der Waals surface area contributed by atoms with Gasteiger partial charge in [0.1, 0.15) is 12.4 Å². The lowest BCUT2D eigenvalue weighted by Crippen LogP contribution is -2.12. The minimum atomic E-state index is -0.521. The molecule has 0 saturated carbocycles. The van der Waals surface area contributed by atoms with Crippen molar-refractivity contribution >= 4 is 5.78 Å². The third-order valence-electron chi connectivity index (χ3n) is 3.87. The molecule has 0 fully saturated rings. The number of Topliss-reactive ketones (excluding diaryl/α,β-unsaturated/α-hetero) is 1. The molecule has 2 aromatic carbocycles. The third-order valence-corrected chi connectivity index (χ3v) is 3.87. The lowest BCUT2D eigenvalue weighted by Gasteiger charge is -2.07. The Balaban J connectivity index is 1.50. The van der Waals surface area contributed by atoms with Crippen molar-refractivity contribution in [3.63, 3.8) is 0 Å². The van der Waals surface area contributed by atoms with E-state index >= 15 is 0 Å². The molecular weight excluding hydrogens is 317 g/mol. The van der Waals surface area contributed by atoms with E-state index in [1.807, 2.05) is 54.6 Å². The van der Waals surface area contributed by atoms with Crippen LogP contribution in [0.25, 0.3) is 11.1 Å². The van der Waals surface area contributed by atoms with Crippen LogP contribution >= 0.6 is 0 Å². The van der Waals surface area contributed by atoms with Crippen LogP contribution in [0.1, 0.15) is 12.0 Å². The highest BCUT2D eigenvalue weighted by Gasteiger charge is 2.08. The average molecular weight is 335 g/mol. The van der Waals surface area contributed by atoms with E-state index in [-0.39, 0.29) is 18.8 Å². The van der Waals surface area contributed by atoms with Crippen LogP contribution in [-0.2, 0) is 11.2 Å². The predicted molar refractivity (Wildman–Crippen MR) is 94.9 cm³/mol. The van der Waals surface area contributed by atoms with E-state index in [9.17, 15) is 9.18 Å². The zero-order valence-electron chi connectivity index (χ0n) is 13.7. The number of aryl methyl sites for hydroxylation is 1. The van der Waals surface area contributed by atoms with Crippen LogP contribution in [-0.4, -0.2) is 17.4 Å². The first-order valence-corrected chi connectivity index (χ1v) is 8.12. The van der Waals surface area contributed by atoms with Crippen LogP contribution in [0.15, 0.2) is 72.9 Å². The van der Waals surface area contributed by atoms with Crippen molar-refractivity contribution in [1.29, 1.82) is 0 Å². The highest BCUT2D eigenvalue weighted by atomic mass is 19.1. The Morgan fingerprint density at radius 2 is 1.64 bits per heavy atom. The average Bonchev–Trinajstić information content (AvgIpc) is 2.67. The van der Waals surface area contributed by atoms with Crippen LogP contribution in [0.5, 0.6) is 5.75 Å². The molecule has 0 amide bonds. The van der Waals surface area contributed by atoms with E-state index in [0.717, 1.165) is 11.1 Å². The van der Waals surface area contributed by atoms with Crippen molar-refractivity contribution in [2.24, 2.45) is 0 Å². The smallest absolute Gasteiger partial charge is 0.216 e. The second-order valence-electron chi connectivity index (χ2n) is 5.67. The Morgan fingerprint density at radius 3 is 2.36 bits per heavy atom. The largest absolute Gasteiger partial charge is 0.486 e. The van der Waals surface area contributed by atoms with Crippen molar-refractivity contribution in [3.05, 3.63) is 84.4 Å². The number of hydrogen-bond acceptors (Lipinski definition) is 3. The number of pyridine rings is 1. The summed E-state index contributed by atoms with van der Waals surface area (Å²) in [5.74, 6) is 0.0451. The molecule has 3 nitrogen and oxygen atoms in total. The highest BCUT2D eigenvalue weighted by Crippen LogP contribution is 2.22. The molecule has 1 aromatic heterocycles.